The fourth-order valence-corrected chi connectivity index (χ4v) is 4.56. The summed E-state index contributed by atoms with van der Waals surface area (Å²) in [6.07, 6.45) is 6.39. The second kappa shape index (κ2) is 8.95. The summed E-state index contributed by atoms with van der Waals surface area (Å²) in [5, 5.41) is 9.64. The van der Waals surface area contributed by atoms with Gasteiger partial charge in [0.25, 0.3) is 5.56 Å². The van der Waals surface area contributed by atoms with E-state index in [0.717, 1.165) is 23.4 Å². The Morgan fingerprint density at radius 3 is 2.80 bits per heavy atom. The molecule has 2 N–H and O–H groups in total. The molecule has 3 aromatic rings. The van der Waals surface area contributed by atoms with Gasteiger partial charge in [0.1, 0.15) is 11.5 Å². The summed E-state index contributed by atoms with van der Waals surface area (Å²) in [7, 11) is 0. The highest BCUT2D eigenvalue weighted by Gasteiger charge is 2.20. The molecule has 7 nitrogen and oxygen atoms in total. The molecule has 1 saturated carbocycles. The van der Waals surface area contributed by atoms with Gasteiger partial charge in [0, 0.05) is 18.6 Å². The van der Waals surface area contributed by atoms with E-state index in [0.29, 0.717) is 29.8 Å². The van der Waals surface area contributed by atoms with Gasteiger partial charge in [-0.25, -0.2) is 4.98 Å². The van der Waals surface area contributed by atoms with E-state index in [9.17, 15) is 9.59 Å². The SMILES string of the molecule is CC(C)c1cc(=O)[nH]c(-n2nc(-c3cccs3)cc2NC(=O)CC2CCCCC2)n1. The topological polar surface area (TPSA) is 92.7 Å². The summed E-state index contributed by atoms with van der Waals surface area (Å²) < 4.78 is 1.53. The molecule has 0 aromatic carbocycles. The second-order valence-electron chi connectivity index (χ2n) is 8.21. The van der Waals surface area contributed by atoms with Crippen LogP contribution in [0.1, 0.15) is 64.0 Å². The Morgan fingerprint density at radius 1 is 1.30 bits per heavy atom. The maximum Gasteiger partial charge on any atom is 0.252 e. The van der Waals surface area contributed by atoms with Crippen LogP contribution in [0.15, 0.2) is 34.4 Å². The zero-order valence-electron chi connectivity index (χ0n) is 17.4. The van der Waals surface area contributed by atoms with Crippen molar-refractivity contribution in [1.82, 2.24) is 19.7 Å². The van der Waals surface area contributed by atoms with Crippen LogP contribution in [-0.4, -0.2) is 25.7 Å². The third kappa shape index (κ3) is 4.70. The van der Waals surface area contributed by atoms with Gasteiger partial charge in [-0.3, -0.25) is 14.6 Å². The third-order valence-corrected chi connectivity index (χ3v) is 6.38. The van der Waals surface area contributed by atoms with Crippen LogP contribution in [0.3, 0.4) is 0 Å². The molecule has 30 heavy (non-hydrogen) atoms. The lowest BCUT2D eigenvalue weighted by Gasteiger charge is -2.20. The predicted octanol–water partition coefficient (Wildman–Crippen LogP) is 4.72. The molecule has 158 valence electrons. The Hall–Kier alpha value is -2.74. The van der Waals surface area contributed by atoms with E-state index in [1.54, 1.807) is 11.3 Å². The Labute approximate surface area is 179 Å². The van der Waals surface area contributed by atoms with Crippen molar-refractivity contribution in [2.45, 2.75) is 58.3 Å². The molecule has 0 radical (unpaired) electrons. The molecular weight excluding hydrogens is 398 g/mol. The number of anilines is 1. The first-order chi connectivity index (χ1) is 14.5. The van der Waals surface area contributed by atoms with Crippen molar-refractivity contribution in [3.63, 3.8) is 0 Å². The number of aromatic amines is 1. The van der Waals surface area contributed by atoms with Crippen molar-refractivity contribution in [2.75, 3.05) is 5.32 Å². The minimum absolute atomic E-state index is 0.0249. The first kappa shape index (κ1) is 20.5. The molecule has 1 amide bonds. The van der Waals surface area contributed by atoms with E-state index < -0.39 is 0 Å². The number of nitrogens with one attached hydrogen (secondary N) is 2. The van der Waals surface area contributed by atoms with Gasteiger partial charge in [-0.2, -0.15) is 9.78 Å². The van der Waals surface area contributed by atoms with Crippen LogP contribution in [-0.2, 0) is 4.79 Å². The van der Waals surface area contributed by atoms with Gasteiger partial charge >= 0.3 is 0 Å². The number of thiophene rings is 1. The normalized spacial score (nSPS) is 14.9. The molecule has 0 spiro atoms. The number of carbonyl (C=O) groups excluding carboxylic acids is 1. The average molecular weight is 426 g/mol. The van der Waals surface area contributed by atoms with Crippen LogP contribution >= 0.6 is 11.3 Å². The Kier molecular flexibility index (Phi) is 6.13. The van der Waals surface area contributed by atoms with Gasteiger partial charge in [-0.15, -0.1) is 11.3 Å². The summed E-state index contributed by atoms with van der Waals surface area (Å²) in [5.41, 5.74) is 1.17. The van der Waals surface area contributed by atoms with Crippen LogP contribution in [0, 0.1) is 5.92 Å². The van der Waals surface area contributed by atoms with E-state index in [1.165, 1.54) is 30.0 Å². The molecule has 8 heteroatoms. The standard InChI is InChI=1S/C22H27N5O2S/c1-14(2)16-13-21(29)25-22(23-16)27-19(12-17(26-27)18-9-6-10-30-18)24-20(28)11-15-7-4-3-5-8-15/h6,9-10,12-15H,3-5,7-8,11H2,1-2H3,(H,24,28)(H,23,25,29). The lowest BCUT2D eigenvalue weighted by molar-refractivity contribution is -0.117. The first-order valence-electron chi connectivity index (χ1n) is 10.5. The van der Waals surface area contributed by atoms with Gasteiger partial charge in [0.15, 0.2) is 0 Å². The number of hydrogen-bond acceptors (Lipinski definition) is 5. The monoisotopic (exact) mass is 425 g/mol. The van der Waals surface area contributed by atoms with E-state index in [1.807, 2.05) is 37.4 Å². The number of H-pyrrole nitrogens is 1. The van der Waals surface area contributed by atoms with Crippen molar-refractivity contribution in [3.05, 3.63) is 45.7 Å². The fraction of sp³-hybridized carbons (Fsp3) is 0.455. The summed E-state index contributed by atoms with van der Waals surface area (Å²) in [6.45, 7) is 3.97. The van der Waals surface area contributed by atoms with Gasteiger partial charge in [-0.1, -0.05) is 39.2 Å². The van der Waals surface area contributed by atoms with Crippen molar-refractivity contribution in [3.8, 4) is 16.5 Å². The predicted molar refractivity (Wildman–Crippen MR) is 119 cm³/mol. The molecule has 0 aliphatic heterocycles. The molecule has 0 atom stereocenters. The minimum atomic E-state index is -0.239. The van der Waals surface area contributed by atoms with E-state index in [-0.39, 0.29) is 17.4 Å². The fourth-order valence-electron chi connectivity index (χ4n) is 3.88. The second-order valence-corrected chi connectivity index (χ2v) is 9.16. The molecule has 0 saturated heterocycles. The molecule has 4 rings (SSSR count). The number of hydrogen-bond donors (Lipinski definition) is 2. The highest BCUT2D eigenvalue weighted by Crippen LogP contribution is 2.29. The molecule has 3 aromatic heterocycles. The Morgan fingerprint density at radius 2 is 2.10 bits per heavy atom. The highest BCUT2D eigenvalue weighted by molar-refractivity contribution is 7.13. The first-order valence-corrected chi connectivity index (χ1v) is 11.4. The zero-order chi connectivity index (χ0) is 21.1. The molecule has 0 bridgehead atoms. The van der Waals surface area contributed by atoms with E-state index in [4.69, 9.17) is 0 Å². The van der Waals surface area contributed by atoms with Gasteiger partial charge in [-0.05, 0) is 36.1 Å². The molecular formula is C22H27N5O2S. The number of carbonyl (C=O) groups is 1. The maximum absolute atomic E-state index is 12.8. The minimum Gasteiger partial charge on any atom is -0.310 e. The molecule has 0 unspecified atom stereocenters. The van der Waals surface area contributed by atoms with Crippen LogP contribution in [0.5, 0.6) is 0 Å². The van der Waals surface area contributed by atoms with Crippen molar-refractivity contribution in [2.24, 2.45) is 5.92 Å². The van der Waals surface area contributed by atoms with Crippen LogP contribution in [0.4, 0.5) is 5.82 Å². The zero-order valence-corrected chi connectivity index (χ0v) is 18.2. The van der Waals surface area contributed by atoms with Crippen LogP contribution in [0.2, 0.25) is 0 Å². The molecule has 1 aliphatic carbocycles. The quantitative estimate of drug-likeness (QED) is 0.598. The largest absolute Gasteiger partial charge is 0.310 e. The van der Waals surface area contributed by atoms with Crippen LogP contribution < -0.4 is 10.9 Å². The van der Waals surface area contributed by atoms with E-state index in [2.05, 4.69) is 20.4 Å². The molecule has 1 aliphatic rings. The highest BCUT2D eigenvalue weighted by atomic mass is 32.1. The van der Waals surface area contributed by atoms with Gasteiger partial charge < -0.3 is 5.32 Å². The van der Waals surface area contributed by atoms with Crippen LogP contribution in [0.25, 0.3) is 16.5 Å². The summed E-state index contributed by atoms with van der Waals surface area (Å²) in [4.78, 5) is 33.3. The number of amides is 1. The summed E-state index contributed by atoms with van der Waals surface area (Å²) in [6, 6.07) is 7.28. The van der Waals surface area contributed by atoms with Crippen molar-refractivity contribution >= 4 is 23.1 Å². The van der Waals surface area contributed by atoms with Gasteiger partial charge in [0.05, 0.1) is 10.6 Å². The lowest BCUT2D eigenvalue weighted by Crippen LogP contribution is -2.21. The number of aromatic nitrogens is 4. The molecule has 1 fully saturated rings. The van der Waals surface area contributed by atoms with Crippen molar-refractivity contribution in [1.29, 1.82) is 0 Å². The Bertz CT molecular complexity index is 1060. The van der Waals surface area contributed by atoms with Gasteiger partial charge in [0.2, 0.25) is 11.9 Å². The maximum atomic E-state index is 12.8. The van der Waals surface area contributed by atoms with Crippen molar-refractivity contribution < 1.29 is 4.79 Å². The number of rotatable bonds is 6. The third-order valence-electron chi connectivity index (χ3n) is 5.49. The lowest BCUT2D eigenvalue weighted by atomic mass is 9.87. The number of nitrogens with zero attached hydrogens (tertiary/aromatic N) is 3. The average Bonchev–Trinajstić information content (AvgIpc) is 3.38. The Balaban J connectivity index is 1.67. The molecule has 3 heterocycles. The smallest absolute Gasteiger partial charge is 0.252 e. The summed E-state index contributed by atoms with van der Waals surface area (Å²) >= 11 is 1.57. The van der Waals surface area contributed by atoms with E-state index >= 15 is 0 Å². The summed E-state index contributed by atoms with van der Waals surface area (Å²) in [5.74, 6) is 1.34.